The van der Waals surface area contributed by atoms with E-state index in [2.05, 4.69) is 31.4 Å². The van der Waals surface area contributed by atoms with Gasteiger partial charge in [-0.25, -0.2) is 0 Å². The summed E-state index contributed by atoms with van der Waals surface area (Å²) in [6.45, 7) is 3.90. The lowest BCUT2D eigenvalue weighted by molar-refractivity contribution is -0.115. The molecule has 1 N–H and O–H groups in total. The van der Waals surface area contributed by atoms with Crippen LogP contribution in [-0.4, -0.2) is 25.9 Å². The van der Waals surface area contributed by atoms with E-state index in [9.17, 15) is 4.79 Å². The maximum Gasteiger partial charge on any atom is 0.237 e. The predicted molar refractivity (Wildman–Crippen MR) is 95.8 cm³/mol. The molecule has 1 atom stereocenters. The van der Waals surface area contributed by atoms with Gasteiger partial charge in [0.2, 0.25) is 5.91 Å². The molecule has 1 aromatic carbocycles. The standard InChI is InChI=1S/C16H19BrN4OS/c1-9-4-7-13(12(17)8-9)18-15(22)10(2)23-16-20-19-14(21(16)3)11-5-6-11/h4,7-8,10-11H,5-6H2,1-3H3,(H,18,22)/t10-/m0/s1. The number of amides is 1. The second-order valence-electron chi connectivity index (χ2n) is 5.91. The minimum atomic E-state index is -0.252. The Labute approximate surface area is 148 Å². The van der Waals surface area contributed by atoms with Gasteiger partial charge < -0.3 is 9.88 Å². The van der Waals surface area contributed by atoms with Crippen LogP contribution < -0.4 is 5.32 Å². The van der Waals surface area contributed by atoms with Crippen LogP contribution in [0.5, 0.6) is 0 Å². The quantitative estimate of drug-likeness (QED) is 0.781. The highest BCUT2D eigenvalue weighted by Gasteiger charge is 2.30. The van der Waals surface area contributed by atoms with Crippen LogP contribution in [0.25, 0.3) is 0 Å². The molecule has 122 valence electrons. The van der Waals surface area contributed by atoms with Crippen molar-refractivity contribution in [1.82, 2.24) is 14.8 Å². The van der Waals surface area contributed by atoms with Crippen LogP contribution in [0.2, 0.25) is 0 Å². The van der Waals surface area contributed by atoms with Gasteiger partial charge in [0.15, 0.2) is 5.16 Å². The number of aromatic nitrogens is 3. The molecule has 1 aromatic heterocycles. The zero-order valence-corrected chi connectivity index (χ0v) is 15.7. The fraction of sp³-hybridized carbons (Fsp3) is 0.438. The lowest BCUT2D eigenvalue weighted by Crippen LogP contribution is -2.23. The second kappa shape index (κ2) is 6.65. The number of hydrogen-bond acceptors (Lipinski definition) is 4. The molecule has 23 heavy (non-hydrogen) atoms. The minimum Gasteiger partial charge on any atom is -0.324 e. The molecule has 0 spiro atoms. The van der Waals surface area contributed by atoms with Crippen molar-refractivity contribution in [3.8, 4) is 0 Å². The van der Waals surface area contributed by atoms with Crippen molar-refractivity contribution < 1.29 is 4.79 Å². The highest BCUT2D eigenvalue weighted by Crippen LogP contribution is 2.39. The van der Waals surface area contributed by atoms with E-state index in [0.29, 0.717) is 5.92 Å². The van der Waals surface area contributed by atoms with E-state index in [1.54, 1.807) is 0 Å². The fourth-order valence-corrected chi connectivity index (χ4v) is 3.71. The Hall–Kier alpha value is -1.34. The van der Waals surface area contributed by atoms with Crippen molar-refractivity contribution in [2.45, 2.75) is 43.0 Å². The first kappa shape index (κ1) is 16.5. The van der Waals surface area contributed by atoms with Crippen LogP contribution in [0.3, 0.4) is 0 Å². The van der Waals surface area contributed by atoms with Gasteiger partial charge in [0.25, 0.3) is 0 Å². The molecular weight excluding hydrogens is 376 g/mol. The summed E-state index contributed by atoms with van der Waals surface area (Å²) in [5.41, 5.74) is 1.92. The van der Waals surface area contributed by atoms with Gasteiger partial charge >= 0.3 is 0 Å². The molecule has 1 heterocycles. The summed E-state index contributed by atoms with van der Waals surface area (Å²) >= 11 is 4.92. The van der Waals surface area contributed by atoms with Gasteiger partial charge in [-0.15, -0.1) is 10.2 Å². The fourth-order valence-electron chi connectivity index (χ4n) is 2.29. The summed E-state index contributed by atoms with van der Waals surface area (Å²) in [6, 6.07) is 5.86. The number of rotatable bonds is 5. The van der Waals surface area contributed by atoms with E-state index in [4.69, 9.17) is 0 Å². The average molecular weight is 395 g/mol. The Morgan fingerprint density at radius 2 is 2.17 bits per heavy atom. The molecule has 1 aliphatic rings. The molecule has 3 rings (SSSR count). The molecule has 1 aliphatic carbocycles. The van der Waals surface area contributed by atoms with Crippen molar-refractivity contribution in [2.24, 2.45) is 7.05 Å². The topological polar surface area (TPSA) is 59.8 Å². The van der Waals surface area contributed by atoms with Crippen LogP contribution in [0.15, 0.2) is 27.8 Å². The van der Waals surface area contributed by atoms with Crippen molar-refractivity contribution >= 4 is 39.3 Å². The number of nitrogens with one attached hydrogen (secondary N) is 1. The molecule has 5 nitrogen and oxygen atoms in total. The number of hydrogen-bond donors (Lipinski definition) is 1. The molecule has 0 radical (unpaired) electrons. The van der Waals surface area contributed by atoms with E-state index in [1.165, 1.54) is 24.6 Å². The summed E-state index contributed by atoms with van der Waals surface area (Å²) < 4.78 is 2.89. The Morgan fingerprint density at radius 3 is 2.83 bits per heavy atom. The molecule has 7 heteroatoms. The van der Waals surface area contributed by atoms with E-state index in [1.807, 2.05) is 43.7 Å². The van der Waals surface area contributed by atoms with E-state index >= 15 is 0 Å². The molecule has 2 aromatic rings. The minimum absolute atomic E-state index is 0.0458. The predicted octanol–water partition coefficient (Wildman–Crippen LogP) is 3.88. The first-order valence-corrected chi connectivity index (χ1v) is 9.26. The number of thioether (sulfide) groups is 1. The number of halogens is 1. The maximum absolute atomic E-state index is 12.4. The molecular formula is C16H19BrN4OS. The molecule has 0 aliphatic heterocycles. The largest absolute Gasteiger partial charge is 0.324 e. The van der Waals surface area contributed by atoms with E-state index in [0.717, 1.165) is 26.7 Å². The first-order valence-electron chi connectivity index (χ1n) is 7.58. The van der Waals surface area contributed by atoms with E-state index < -0.39 is 0 Å². The van der Waals surface area contributed by atoms with E-state index in [-0.39, 0.29) is 11.2 Å². The van der Waals surface area contributed by atoms with Crippen molar-refractivity contribution in [3.63, 3.8) is 0 Å². The molecule has 1 amide bonds. The molecule has 1 fully saturated rings. The lowest BCUT2D eigenvalue weighted by Gasteiger charge is -2.13. The smallest absolute Gasteiger partial charge is 0.237 e. The monoisotopic (exact) mass is 394 g/mol. The zero-order valence-electron chi connectivity index (χ0n) is 13.3. The highest BCUT2D eigenvalue weighted by atomic mass is 79.9. The highest BCUT2D eigenvalue weighted by molar-refractivity contribution is 9.10. The number of carbonyl (C=O) groups is 1. The molecule has 1 saturated carbocycles. The van der Waals surface area contributed by atoms with Crippen molar-refractivity contribution in [3.05, 3.63) is 34.1 Å². The third-order valence-electron chi connectivity index (χ3n) is 3.84. The number of benzene rings is 1. The van der Waals surface area contributed by atoms with Crippen molar-refractivity contribution in [2.75, 3.05) is 5.32 Å². The third-order valence-corrected chi connectivity index (χ3v) is 5.63. The SMILES string of the molecule is Cc1ccc(NC(=O)[C@H](C)Sc2nnc(C3CC3)n2C)c(Br)c1. The average Bonchev–Trinajstić information content (AvgIpc) is 3.28. The Morgan fingerprint density at radius 1 is 1.43 bits per heavy atom. The van der Waals surface area contributed by atoms with Gasteiger partial charge in [0, 0.05) is 17.4 Å². The zero-order chi connectivity index (χ0) is 16.6. The Kier molecular flexibility index (Phi) is 4.77. The third kappa shape index (κ3) is 3.77. The van der Waals surface area contributed by atoms with Crippen LogP contribution in [0.1, 0.15) is 37.1 Å². The number of aryl methyl sites for hydroxylation is 1. The van der Waals surface area contributed by atoms with Gasteiger partial charge in [0.1, 0.15) is 5.82 Å². The van der Waals surface area contributed by atoms with Crippen molar-refractivity contribution in [1.29, 1.82) is 0 Å². The lowest BCUT2D eigenvalue weighted by atomic mass is 10.2. The normalized spacial score (nSPS) is 15.5. The number of anilines is 1. The molecule has 0 bridgehead atoms. The van der Waals surface area contributed by atoms with Crippen LogP contribution in [-0.2, 0) is 11.8 Å². The maximum atomic E-state index is 12.4. The van der Waals surface area contributed by atoms with Gasteiger partial charge in [0.05, 0.1) is 10.9 Å². The Bertz CT molecular complexity index is 742. The van der Waals surface area contributed by atoms with Crippen LogP contribution >= 0.6 is 27.7 Å². The van der Waals surface area contributed by atoms with Gasteiger partial charge in [-0.1, -0.05) is 17.8 Å². The summed E-state index contributed by atoms with van der Waals surface area (Å²) in [5.74, 6) is 1.53. The number of carbonyl (C=O) groups excluding carboxylic acids is 1. The summed E-state index contributed by atoms with van der Waals surface area (Å²) in [5, 5.41) is 12.0. The van der Waals surface area contributed by atoms with Gasteiger partial charge in [-0.2, -0.15) is 0 Å². The Balaban J connectivity index is 1.65. The van der Waals surface area contributed by atoms with Gasteiger partial charge in [-0.05, 0) is 60.3 Å². The molecule has 0 unspecified atom stereocenters. The summed E-state index contributed by atoms with van der Waals surface area (Å²) in [7, 11) is 1.97. The van der Waals surface area contributed by atoms with Crippen LogP contribution in [0, 0.1) is 6.92 Å². The van der Waals surface area contributed by atoms with Crippen LogP contribution in [0.4, 0.5) is 5.69 Å². The molecule has 0 saturated heterocycles. The summed E-state index contributed by atoms with van der Waals surface area (Å²) in [6.07, 6.45) is 2.38. The number of nitrogens with zero attached hydrogens (tertiary/aromatic N) is 3. The second-order valence-corrected chi connectivity index (χ2v) is 8.07. The summed E-state index contributed by atoms with van der Waals surface area (Å²) in [4.78, 5) is 12.4. The van der Waals surface area contributed by atoms with Gasteiger partial charge in [-0.3, -0.25) is 4.79 Å². The first-order chi connectivity index (χ1) is 11.0.